The number of hydrogen-bond acceptors (Lipinski definition) is 3. The van der Waals surface area contributed by atoms with E-state index in [1.807, 2.05) is 18.2 Å². The lowest BCUT2D eigenvalue weighted by molar-refractivity contribution is -0.139. The Morgan fingerprint density at radius 1 is 1.29 bits per heavy atom. The van der Waals surface area contributed by atoms with Crippen molar-refractivity contribution in [3.05, 3.63) is 54.1 Å². The number of ether oxygens (including phenoxy) is 1. The van der Waals surface area contributed by atoms with Crippen LogP contribution in [0.5, 0.6) is 0 Å². The Morgan fingerprint density at radius 2 is 1.94 bits per heavy atom. The summed E-state index contributed by atoms with van der Waals surface area (Å²) in [5.41, 5.74) is 0.763. The lowest BCUT2D eigenvalue weighted by atomic mass is 10.1. The van der Waals surface area contributed by atoms with E-state index < -0.39 is 11.8 Å². The van der Waals surface area contributed by atoms with E-state index in [0.29, 0.717) is 0 Å². The van der Waals surface area contributed by atoms with Crippen molar-refractivity contribution in [3.8, 4) is 0 Å². The third-order valence-electron chi connectivity index (χ3n) is 2.06. The lowest BCUT2D eigenvalue weighted by Crippen LogP contribution is -2.14. The van der Waals surface area contributed by atoms with E-state index >= 15 is 0 Å². The normalized spacial score (nSPS) is 10.8. The molecule has 0 fully saturated rings. The molecule has 0 saturated carbocycles. The molecule has 0 atom stereocenters. The zero-order valence-electron chi connectivity index (χ0n) is 9.68. The number of benzene rings is 1. The summed E-state index contributed by atoms with van der Waals surface area (Å²) in [4.78, 5) is 23.1. The largest absolute Gasteiger partial charge is 0.462 e. The van der Waals surface area contributed by atoms with Crippen LogP contribution in [0.2, 0.25) is 0 Å². The van der Waals surface area contributed by atoms with Gasteiger partial charge in [-0.15, -0.1) is 0 Å². The highest BCUT2D eigenvalue weighted by Crippen LogP contribution is 2.09. The molecule has 3 heteroatoms. The Balaban J connectivity index is 3.06. The fraction of sp³-hybridized carbons (Fsp3) is 0.143. The van der Waals surface area contributed by atoms with Crippen LogP contribution in [0.15, 0.2) is 48.6 Å². The summed E-state index contributed by atoms with van der Waals surface area (Å²) in [5, 5.41) is 0. The zero-order chi connectivity index (χ0) is 12.7. The smallest absolute Gasteiger partial charge is 0.342 e. The minimum Gasteiger partial charge on any atom is -0.462 e. The molecule has 0 amide bonds. The summed E-state index contributed by atoms with van der Waals surface area (Å²) in [6.45, 7) is 5.29. The van der Waals surface area contributed by atoms with E-state index in [4.69, 9.17) is 4.74 Å². The van der Waals surface area contributed by atoms with Crippen molar-refractivity contribution in [1.29, 1.82) is 0 Å². The van der Waals surface area contributed by atoms with Crippen LogP contribution in [0.1, 0.15) is 12.5 Å². The second kappa shape index (κ2) is 6.43. The van der Waals surface area contributed by atoms with Crippen molar-refractivity contribution >= 4 is 17.8 Å². The molecule has 0 bridgehead atoms. The van der Waals surface area contributed by atoms with E-state index in [1.165, 1.54) is 6.08 Å². The fourth-order valence-corrected chi connectivity index (χ4v) is 1.27. The standard InChI is InChI=1S/C14H14O3/c1-3-13(15)12(14(16)17-4-2)10-11-8-6-5-7-9-11/h3,5-10H,1,4H2,2H3/b12-10+. The third kappa shape index (κ3) is 3.72. The number of esters is 1. The van der Waals surface area contributed by atoms with E-state index in [9.17, 15) is 9.59 Å². The highest BCUT2D eigenvalue weighted by atomic mass is 16.5. The van der Waals surface area contributed by atoms with Crippen LogP contribution in [0.25, 0.3) is 6.08 Å². The predicted octanol–water partition coefficient (Wildman–Crippen LogP) is 2.39. The van der Waals surface area contributed by atoms with Gasteiger partial charge >= 0.3 is 5.97 Å². The summed E-state index contributed by atoms with van der Waals surface area (Å²) in [6, 6.07) is 9.11. The number of hydrogen-bond donors (Lipinski definition) is 0. The molecule has 17 heavy (non-hydrogen) atoms. The van der Waals surface area contributed by atoms with Gasteiger partial charge in [0.25, 0.3) is 0 Å². The van der Waals surface area contributed by atoms with Gasteiger partial charge in [0.2, 0.25) is 0 Å². The molecule has 88 valence electrons. The number of rotatable bonds is 5. The van der Waals surface area contributed by atoms with Gasteiger partial charge in [0, 0.05) is 0 Å². The Hall–Kier alpha value is -2.16. The topological polar surface area (TPSA) is 43.4 Å². The highest BCUT2D eigenvalue weighted by Gasteiger charge is 2.16. The molecular formula is C14H14O3. The molecule has 0 heterocycles. The molecule has 1 aromatic rings. The van der Waals surface area contributed by atoms with Gasteiger partial charge in [-0.2, -0.15) is 0 Å². The van der Waals surface area contributed by atoms with E-state index in [-0.39, 0.29) is 12.2 Å². The van der Waals surface area contributed by atoms with Gasteiger partial charge < -0.3 is 4.74 Å². The first kappa shape index (κ1) is 12.9. The van der Waals surface area contributed by atoms with Crippen LogP contribution >= 0.6 is 0 Å². The Labute approximate surface area is 100 Å². The van der Waals surface area contributed by atoms with Crippen LogP contribution < -0.4 is 0 Å². The molecule has 0 radical (unpaired) electrons. The summed E-state index contributed by atoms with van der Waals surface area (Å²) < 4.78 is 4.82. The van der Waals surface area contributed by atoms with Gasteiger partial charge in [0.1, 0.15) is 5.57 Å². The van der Waals surface area contributed by atoms with Crippen molar-refractivity contribution in [2.75, 3.05) is 6.61 Å². The molecule has 0 unspecified atom stereocenters. The third-order valence-corrected chi connectivity index (χ3v) is 2.06. The number of ketones is 1. The van der Waals surface area contributed by atoms with Crippen molar-refractivity contribution in [2.24, 2.45) is 0 Å². The molecule has 1 rings (SSSR count). The molecule has 0 aliphatic carbocycles. The van der Waals surface area contributed by atoms with Crippen LogP contribution in [0.3, 0.4) is 0 Å². The number of allylic oxidation sites excluding steroid dienone is 1. The van der Waals surface area contributed by atoms with E-state index in [2.05, 4.69) is 6.58 Å². The van der Waals surface area contributed by atoms with Crippen LogP contribution in [0, 0.1) is 0 Å². The molecule has 0 spiro atoms. The van der Waals surface area contributed by atoms with Gasteiger partial charge in [-0.1, -0.05) is 36.9 Å². The molecular weight excluding hydrogens is 216 g/mol. The van der Waals surface area contributed by atoms with Gasteiger partial charge in [-0.3, -0.25) is 4.79 Å². The van der Waals surface area contributed by atoms with Crippen molar-refractivity contribution in [3.63, 3.8) is 0 Å². The Morgan fingerprint density at radius 3 is 2.47 bits per heavy atom. The van der Waals surface area contributed by atoms with Crippen LogP contribution in [-0.2, 0) is 14.3 Å². The molecule has 1 aromatic carbocycles. The minimum atomic E-state index is -0.624. The molecule has 0 aromatic heterocycles. The first-order chi connectivity index (χ1) is 8.19. The summed E-state index contributed by atoms with van der Waals surface area (Å²) in [6.07, 6.45) is 2.60. The summed E-state index contributed by atoms with van der Waals surface area (Å²) >= 11 is 0. The molecule has 0 aliphatic heterocycles. The lowest BCUT2D eigenvalue weighted by Gasteiger charge is -2.03. The van der Waals surface area contributed by atoms with Crippen molar-refractivity contribution in [2.45, 2.75) is 6.92 Å². The first-order valence-corrected chi connectivity index (χ1v) is 5.29. The Kier molecular flexibility index (Phi) is 4.88. The van der Waals surface area contributed by atoms with Crippen molar-refractivity contribution < 1.29 is 14.3 Å². The molecule has 0 N–H and O–H groups in total. The molecule has 0 aliphatic rings. The second-order valence-electron chi connectivity index (χ2n) is 3.26. The molecule has 3 nitrogen and oxygen atoms in total. The fourth-order valence-electron chi connectivity index (χ4n) is 1.27. The van der Waals surface area contributed by atoms with E-state index in [1.54, 1.807) is 19.1 Å². The van der Waals surface area contributed by atoms with Crippen LogP contribution in [-0.4, -0.2) is 18.4 Å². The van der Waals surface area contributed by atoms with E-state index in [0.717, 1.165) is 11.6 Å². The van der Waals surface area contributed by atoms with Gasteiger partial charge in [0.15, 0.2) is 5.78 Å². The highest BCUT2D eigenvalue weighted by molar-refractivity contribution is 6.24. The van der Waals surface area contributed by atoms with Gasteiger partial charge in [-0.05, 0) is 24.6 Å². The SMILES string of the molecule is C=CC(=O)/C(=C\c1ccccc1)C(=O)OCC. The maximum Gasteiger partial charge on any atom is 0.342 e. The van der Waals surface area contributed by atoms with Gasteiger partial charge in [-0.25, -0.2) is 4.79 Å². The minimum absolute atomic E-state index is 0.00644. The average Bonchev–Trinajstić information content (AvgIpc) is 2.36. The van der Waals surface area contributed by atoms with Gasteiger partial charge in [0.05, 0.1) is 6.61 Å². The number of carbonyl (C=O) groups is 2. The van der Waals surface area contributed by atoms with Crippen LogP contribution in [0.4, 0.5) is 0 Å². The maximum atomic E-state index is 11.6. The van der Waals surface area contributed by atoms with Crippen molar-refractivity contribution in [1.82, 2.24) is 0 Å². The second-order valence-corrected chi connectivity index (χ2v) is 3.26. The monoisotopic (exact) mass is 230 g/mol. The first-order valence-electron chi connectivity index (χ1n) is 5.29. The predicted molar refractivity (Wildman–Crippen MR) is 66.3 cm³/mol. The Bertz CT molecular complexity index is 444. The zero-order valence-corrected chi connectivity index (χ0v) is 9.68. The molecule has 0 saturated heterocycles. The average molecular weight is 230 g/mol. The summed E-state index contributed by atoms with van der Waals surface area (Å²) in [5.74, 6) is -1.06. The number of carbonyl (C=O) groups excluding carboxylic acids is 2. The quantitative estimate of drug-likeness (QED) is 0.337. The summed E-state index contributed by atoms with van der Waals surface area (Å²) in [7, 11) is 0. The maximum absolute atomic E-state index is 11.6.